The molecule has 1 saturated heterocycles. The average Bonchev–Trinajstić information content (AvgIpc) is 3.20. The van der Waals surface area contributed by atoms with Crippen molar-refractivity contribution in [3.63, 3.8) is 0 Å². The molecule has 2 aromatic carbocycles. The first kappa shape index (κ1) is 17.3. The lowest BCUT2D eigenvalue weighted by Crippen LogP contribution is -2.24. The Morgan fingerprint density at radius 3 is 2.64 bits per heavy atom. The molecular weight excluding hydrogens is 388 g/mol. The van der Waals surface area contributed by atoms with E-state index in [2.05, 4.69) is 22.0 Å². The summed E-state index contributed by atoms with van der Waals surface area (Å²) < 4.78 is 0. The van der Waals surface area contributed by atoms with Crippen molar-refractivity contribution in [2.75, 3.05) is 19.0 Å². The van der Waals surface area contributed by atoms with Crippen LogP contribution in [0.3, 0.4) is 0 Å². The highest BCUT2D eigenvalue weighted by Crippen LogP contribution is 2.49. The quantitative estimate of drug-likeness (QED) is 0.543. The molecule has 1 amide bonds. The summed E-state index contributed by atoms with van der Waals surface area (Å²) >= 11 is 3.06. The van der Waals surface area contributed by atoms with E-state index >= 15 is 0 Å². The van der Waals surface area contributed by atoms with Crippen LogP contribution in [0, 0.1) is 0 Å². The molecule has 0 aliphatic carbocycles. The van der Waals surface area contributed by atoms with Gasteiger partial charge in [-0.2, -0.15) is 0 Å². The Morgan fingerprint density at radius 2 is 1.79 bits per heavy atom. The number of aliphatic imine (C=N–C) groups is 1. The highest BCUT2D eigenvalue weighted by atomic mass is 32.2. The summed E-state index contributed by atoms with van der Waals surface area (Å²) in [6, 6.07) is 17.9. The molecule has 0 atom stereocenters. The summed E-state index contributed by atoms with van der Waals surface area (Å²) in [7, 11) is 3.78. The lowest BCUT2D eigenvalue weighted by Gasteiger charge is -2.14. The largest absolute Gasteiger partial charge is 0.337 e. The number of rotatable bonds is 1. The van der Waals surface area contributed by atoms with E-state index < -0.39 is 0 Å². The van der Waals surface area contributed by atoms with Crippen molar-refractivity contribution < 1.29 is 4.79 Å². The fourth-order valence-electron chi connectivity index (χ4n) is 3.26. The third-order valence-electron chi connectivity index (χ3n) is 4.75. The molecule has 0 saturated carbocycles. The molecule has 138 valence electrons. The van der Waals surface area contributed by atoms with Gasteiger partial charge in [-0.3, -0.25) is 14.7 Å². The zero-order valence-electron chi connectivity index (χ0n) is 15.3. The molecule has 5 rings (SSSR count). The highest BCUT2D eigenvalue weighted by Gasteiger charge is 2.37. The van der Waals surface area contributed by atoms with Gasteiger partial charge in [0.2, 0.25) is 0 Å². The maximum absolute atomic E-state index is 13.0. The van der Waals surface area contributed by atoms with Gasteiger partial charge < -0.3 is 4.90 Å². The minimum absolute atomic E-state index is 0.0238. The molecule has 0 bridgehead atoms. The Hall–Kier alpha value is -2.77. The Balaban J connectivity index is 1.56. The lowest BCUT2D eigenvalue weighted by molar-refractivity contribution is -0.121. The van der Waals surface area contributed by atoms with Crippen molar-refractivity contribution in [1.29, 1.82) is 0 Å². The van der Waals surface area contributed by atoms with E-state index in [9.17, 15) is 4.79 Å². The van der Waals surface area contributed by atoms with Crippen LogP contribution < -0.4 is 4.90 Å². The first-order chi connectivity index (χ1) is 13.6. The number of hydrogen-bond donors (Lipinski definition) is 0. The predicted molar refractivity (Wildman–Crippen MR) is 117 cm³/mol. The monoisotopic (exact) mass is 404 g/mol. The number of carbonyl (C=O) groups excluding carboxylic acids is 1. The van der Waals surface area contributed by atoms with Crippen molar-refractivity contribution in [1.82, 2.24) is 9.88 Å². The smallest absolute Gasteiger partial charge is 0.269 e. The summed E-state index contributed by atoms with van der Waals surface area (Å²) in [6.45, 7) is 0. The predicted octanol–water partition coefficient (Wildman–Crippen LogP) is 4.84. The average molecular weight is 405 g/mol. The summed E-state index contributed by atoms with van der Waals surface area (Å²) in [5, 5.41) is 2.60. The van der Waals surface area contributed by atoms with E-state index in [1.807, 2.05) is 49.5 Å². The number of aromatic nitrogens is 1. The number of amidine groups is 1. The van der Waals surface area contributed by atoms with Crippen LogP contribution in [-0.2, 0) is 4.79 Å². The molecule has 3 aromatic rings. The fourth-order valence-corrected chi connectivity index (χ4v) is 5.59. The Morgan fingerprint density at radius 1 is 0.929 bits per heavy atom. The third kappa shape index (κ3) is 2.70. The summed E-state index contributed by atoms with van der Waals surface area (Å²) in [5.74, 6) is -0.0238. The number of likely N-dealkylation sites (N-methyl/N-ethyl adjacent to an activating group) is 1. The minimum Gasteiger partial charge on any atom is -0.337 e. The molecule has 1 fully saturated rings. The van der Waals surface area contributed by atoms with Crippen LogP contribution in [0.1, 0.15) is 0 Å². The third-order valence-corrected chi connectivity index (χ3v) is 7.24. The second-order valence-corrected chi connectivity index (χ2v) is 8.48. The molecule has 0 unspecified atom stereocenters. The number of para-hydroxylation sites is 1. The van der Waals surface area contributed by atoms with Gasteiger partial charge in [0, 0.05) is 30.6 Å². The fraction of sp³-hybridized carbons (Fsp3) is 0.0952. The molecule has 1 aromatic heterocycles. The lowest BCUT2D eigenvalue weighted by atomic mass is 10.2. The summed E-state index contributed by atoms with van der Waals surface area (Å²) in [6.07, 6.45) is 1.77. The zero-order chi connectivity index (χ0) is 19.3. The van der Waals surface area contributed by atoms with Gasteiger partial charge in [0.25, 0.3) is 5.91 Å². The van der Waals surface area contributed by atoms with Gasteiger partial charge in [0.15, 0.2) is 5.17 Å². The maximum atomic E-state index is 13.0. The van der Waals surface area contributed by atoms with Crippen LogP contribution in [0.25, 0.3) is 10.9 Å². The van der Waals surface area contributed by atoms with Crippen LogP contribution in [0.4, 0.5) is 11.4 Å². The molecule has 3 heterocycles. The molecule has 0 N–H and O–H groups in total. The number of nitrogens with zero attached hydrogens (tertiary/aromatic N) is 4. The first-order valence-electron chi connectivity index (χ1n) is 8.77. The van der Waals surface area contributed by atoms with Crippen molar-refractivity contribution >= 4 is 56.9 Å². The molecule has 2 aliphatic rings. The molecule has 0 radical (unpaired) electrons. The van der Waals surface area contributed by atoms with Crippen molar-refractivity contribution in [3.05, 3.63) is 70.7 Å². The van der Waals surface area contributed by atoms with Crippen molar-refractivity contribution in [2.24, 2.45) is 4.99 Å². The van der Waals surface area contributed by atoms with Crippen LogP contribution >= 0.6 is 23.5 Å². The van der Waals surface area contributed by atoms with Crippen LogP contribution in [-0.4, -0.2) is 35.1 Å². The molecule has 2 aliphatic heterocycles. The topological polar surface area (TPSA) is 48.8 Å². The van der Waals surface area contributed by atoms with Crippen molar-refractivity contribution in [3.8, 4) is 0 Å². The van der Waals surface area contributed by atoms with E-state index in [0.29, 0.717) is 10.1 Å². The number of benzene rings is 2. The van der Waals surface area contributed by atoms with E-state index in [0.717, 1.165) is 32.2 Å². The normalized spacial score (nSPS) is 20.5. The van der Waals surface area contributed by atoms with Gasteiger partial charge in [-0.1, -0.05) is 30.0 Å². The number of hydrogen-bond acceptors (Lipinski definition) is 6. The molecule has 7 heteroatoms. The van der Waals surface area contributed by atoms with E-state index in [1.165, 1.54) is 11.8 Å². The minimum atomic E-state index is -0.0238. The van der Waals surface area contributed by atoms with E-state index in [1.54, 1.807) is 29.9 Å². The van der Waals surface area contributed by atoms with Gasteiger partial charge in [0.05, 0.1) is 21.9 Å². The van der Waals surface area contributed by atoms with Crippen LogP contribution in [0.2, 0.25) is 0 Å². The molecule has 28 heavy (non-hydrogen) atoms. The van der Waals surface area contributed by atoms with Crippen molar-refractivity contribution in [2.45, 2.75) is 4.90 Å². The maximum Gasteiger partial charge on any atom is 0.269 e. The number of amides is 1. The van der Waals surface area contributed by atoms with E-state index in [4.69, 9.17) is 4.99 Å². The zero-order valence-corrected chi connectivity index (χ0v) is 16.9. The Kier molecular flexibility index (Phi) is 4.14. The standard InChI is InChI=1S/C21H16N4OS2/c1-24-16-10-3-4-11-17(16)27-20(24)18-19(26)25(2)21(28-18)23-15-9-5-8-14-13(15)7-6-12-22-14/h3-12H,1-2H3/b20-18-,23-21?. The number of anilines is 1. The first-order valence-corrected chi connectivity index (χ1v) is 10.4. The van der Waals surface area contributed by atoms with Crippen LogP contribution in [0.5, 0.6) is 0 Å². The van der Waals surface area contributed by atoms with Gasteiger partial charge in [0.1, 0.15) is 4.91 Å². The summed E-state index contributed by atoms with van der Waals surface area (Å²) in [4.78, 5) is 27.7. The molecular formula is C21H16N4OS2. The second-order valence-electron chi connectivity index (χ2n) is 6.47. The highest BCUT2D eigenvalue weighted by molar-refractivity contribution is 8.19. The van der Waals surface area contributed by atoms with Crippen LogP contribution in [0.15, 0.2) is 80.6 Å². The number of carbonyl (C=O) groups is 1. The van der Waals surface area contributed by atoms with Gasteiger partial charge >= 0.3 is 0 Å². The van der Waals surface area contributed by atoms with Gasteiger partial charge in [-0.05, 0) is 48.2 Å². The molecule has 5 nitrogen and oxygen atoms in total. The number of thioether (sulfide) groups is 2. The van der Waals surface area contributed by atoms with Gasteiger partial charge in [-0.25, -0.2) is 4.99 Å². The van der Waals surface area contributed by atoms with Gasteiger partial charge in [-0.15, -0.1) is 0 Å². The molecule has 0 spiro atoms. The Bertz CT molecular complexity index is 1180. The Labute approximate surface area is 171 Å². The SMILES string of the molecule is CN1C(=O)/C(=C2/Sc3ccccc3N2C)SC1=Nc1cccc2ncccc12. The van der Waals surface area contributed by atoms with E-state index in [-0.39, 0.29) is 5.91 Å². The number of pyridine rings is 1. The number of fused-ring (bicyclic) bond motifs is 2. The second kappa shape index (κ2) is 6.68. The summed E-state index contributed by atoms with van der Waals surface area (Å²) in [5.41, 5.74) is 2.83.